The molecular formula is C21H21ClN4O. The zero-order valence-electron chi connectivity index (χ0n) is 15.4. The van der Waals surface area contributed by atoms with E-state index in [1.807, 2.05) is 59.5 Å². The van der Waals surface area contributed by atoms with Crippen molar-refractivity contribution in [2.75, 3.05) is 24.5 Å². The molecule has 1 fully saturated rings. The van der Waals surface area contributed by atoms with Crippen LogP contribution in [0.4, 0.5) is 5.82 Å². The summed E-state index contributed by atoms with van der Waals surface area (Å²) in [6, 6.07) is 17.3. The number of amides is 1. The molecule has 0 spiro atoms. The zero-order valence-corrected chi connectivity index (χ0v) is 16.1. The number of piperazine rings is 1. The molecule has 0 saturated carbocycles. The molecule has 0 bridgehead atoms. The van der Waals surface area contributed by atoms with E-state index < -0.39 is 0 Å². The van der Waals surface area contributed by atoms with Crippen molar-refractivity contribution in [2.45, 2.75) is 19.4 Å². The maximum Gasteiger partial charge on any atom is 0.254 e. The van der Waals surface area contributed by atoms with Gasteiger partial charge in [-0.2, -0.15) is 0 Å². The molecule has 4 rings (SSSR count). The number of carbonyl (C=O) groups is 1. The Morgan fingerprint density at radius 2 is 1.63 bits per heavy atom. The number of halogens is 1. The van der Waals surface area contributed by atoms with Crippen LogP contribution in [0.3, 0.4) is 0 Å². The Morgan fingerprint density at radius 3 is 2.33 bits per heavy atom. The van der Waals surface area contributed by atoms with Crippen molar-refractivity contribution < 1.29 is 4.79 Å². The number of anilines is 1. The second kappa shape index (κ2) is 6.82. The molecule has 2 aromatic carbocycles. The quantitative estimate of drug-likeness (QED) is 0.673. The fraction of sp³-hybridized carbons (Fsp3) is 0.286. The Hall–Kier alpha value is -2.66. The number of aromatic nitrogens is 2. The molecule has 0 aliphatic carbocycles. The smallest absolute Gasteiger partial charge is 0.254 e. The van der Waals surface area contributed by atoms with Gasteiger partial charge in [0.05, 0.1) is 5.54 Å². The van der Waals surface area contributed by atoms with Gasteiger partial charge in [0.2, 0.25) is 0 Å². The Balaban J connectivity index is 1.64. The minimum absolute atomic E-state index is 0.0623. The first-order valence-corrected chi connectivity index (χ1v) is 9.38. The van der Waals surface area contributed by atoms with Crippen molar-refractivity contribution in [1.82, 2.24) is 15.1 Å². The molecule has 1 aliphatic rings. The molecule has 0 unspecified atom stereocenters. The van der Waals surface area contributed by atoms with Gasteiger partial charge < -0.3 is 9.80 Å². The molecule has 0 N–H and O–H groups in total. The van der Waals surface area contributed by atoms with Crippen LogP contribution >= 0.6 is 11.6 Å². The lowest BCUT2D eigenvalue weighted by atomic mass is 9.97. The van der Waals surface area contributed by atoms with Crippen LogP contribution < -0.4 is 4.90 Å². The van der Waals surface area contributed by atoms with Gasteiger partial charge in [-0.1, -0.05) is 54.1 Å². The van der Waals surface area contributed by atoms with E-state index in [4.69, 9.17) is 11.6 Å². The largest absolute Gasteiger partial charge is 0.351 e. The van der Waals surface area contributed by atoms with E-state index in [0.29, 0.717) is 24.8 Å². The minimum atomic E-state index is -0.340. The normalized spacial score (nSPS) is 16.6. The van der Waals surface area contributed by atoms with Crippen LogP contribution in [0.1, 0.15) is 24.2 Å². The van der Waals surface area contributed by atoms with E-state index in [0.717, 1.165) is 22.2 Å². The number of fused-ring (bicyclic) bond motifs is 1. The first kappa shape index (κ1) is 17.7. The number of benzene rings is 2. The van der Waals surface area contributed by atoms with Gasteiger partial charge in [-0.05, 0) is 26.0 Å². The van der Waals surface area contributed by atoms with Crippen molar-refractivity contribution in [2.24, 2.45) is 0 Å². The molecule has 6 heteroatoms. The number of rotatable bonds is 2. The lowest BCUT2D eigenvalue weighted by molar-refractivity contribution is 0.0514. The number of carbonyl (C=O) groups excluding carboxylic acids is 1. The molecule has 2 heterocycles. The monoisotopic (exact) mass is 380 g/mol. The first-order valence-electron chi connectivity index (χ1n) is 9.00. The van der Waals surface area contributed by atoms with Crippen LogP contribution in [-0.4, -0.2) is 46.2 Å². The van der Waals surface area contributed by atoms with Gasteiger partial charge >= 0.3 is 0 Å². The van der Waals surface area contributed by atoms with Crippen LogP contribution in [0.5, 0.6) is 0 Å². The highest BCUT2D eigenvalue weighted by Gasteiger charge is 2.38. The molecule has 138 valence electrons. The van der Waals surface area contributed by atoms with Crippen LogP contribution in [0.2, 0.25) is 5.15 Å². The van der Waals surface area contributed by atoms with E-state index in [1.54, 1.807) is 0 Å². The molecule has 3 aromatic rings. The Morgan fingerprint density at radius 1 is 0.963 bits per heavy atom. The number of hydrogen-bond acceptors (Lipinski definition) is 4. The van der Waals surface area contributed by atoms with Gasteiger partial charge in [-0.25, -0.2) is 0 Å². The van der Waals surface area contributed by atoms with Gasteiger partial charge in [0.25, 0.3) is 5.91 Å². The van der Waals surface area contributed by atoms with E-state index in [2.05, 4.69) is 28.9 Å². The highest BCUT2D eigenvalue weighted by Crippen LogP contribution is 2.32. The summed E-state index contributed by atoms with van der Waals surface area (Å²) < 4.78 is 0. The second-order valence-corrected chi connectivity index (χ2v) is 7.77. The second-order valence-electron chi connectivity index (χ2n) is 7.42. The van der Waals surface area contributed by atoms with Crippen LogP contribution in [0.25, 0.3) is 10.8 Å². The zero-order chi connectivity index (χ0) is 19.0. The maximum atomic E-state index is 13.0. The van der Waals surface area contributed by atoms with Crippen molar-refractivity contribution in [3.63, 3.8) is 0 Å². The summed E-state index contributed by atoms with van der Waals surface area (Å²) in [7, 11) is 0. The van der Waals surface area contributed by atoms with E-state index in [9.17, 15) is 4.79 Å². The highest BCUT2D eigenvalue weighted by atomic mass is 35.5. The third-order valence-electron chi connectivity index (χ3n) is 5.09. The minimum Gasteiger partial charge on any atom is -0.351 e. The SMILES string of the molecule is CC1(C)CN(c2nnc(Cl)c3ccccc23)CCN1C(=O)c1ccccc1. The summed E-state index contributed by atoms with van der Waals surface area (Å²) in [6.07, 6.45) is 0. The van der Waals surface area contributed by atoms with Crippen LogP contribution in [-0.2, 0) is 0 Å². The summed E-state index contributed by atoms with van der Waals surface area (Å²) in [4.78, 5) is 17.1. The van der Waals surface area contributed by atoms with Crippen molar-refractivity contribution in [3.05, 3.63) is 65.3 Å². The summed E-state index contributed by atoms with van der Waals surface area (Å²) in [6.45, 7) is 6.17. The molecule has 0 atom stereocenters. The van der Waals surface area contributed by atoms with E-state index in [1.165, 1.54) is 0 Å². The van der Waals surface area contributed by atoms with Gasteiger partial charge in [0.15, 0.2) is 11.0 Å². The third kappa shape index (κ3) is 3.23. The predicted molar refractivity (Wildman–Crippen MR) is 108 cm³/mol. The molecule has 1 saturated heterocycles. The topological polar surface area (TPSA) is 49.3 Å². The fourth-order valence-corrected chi connectivity index (χ4v) is 3.94. The Kier molecular flexibility index (Phi) is 4.48. The first-order chi connectivity index (χ1) is 13.0. The molecule has 1 aromatic heterocycles. The van der Waals surface area contributed by atoms with E-state index in [-0.39, 0.29) is 11.4 Å². The lowest BCUT2D eigenvalue weighted by Gasteiger charge is -2.47. The van der Waals surface area contributed by atoms with Crippen molar-refractivity contribution in [1.29, 1.82) is 0 Å². The molecule has 27 heavy (non-hydrogen) atoms. The van der Waals surface area contributed by atoms with Crippen LogP contribution in [0, 0.1) is 0 Å². The van der Waals surface area contributed by atoms with Gasteiger partial charge in [-0.15, -0.1) is 10.2 Å². The maximum absolute atomic E-state index is 13.0. The molecule has 5 nitrogen and oxygen atoms in total. The average Bonchev–Trinajstić information content (AvgIpc) is 2.68. The number of nitrogens with zero attached hydrogens (tertiary/aromatic N) is 4. The number of hydrogen-bond donors (Lipinski definition) is 0. The molecular weight excluding hydrogens is 360 g/mol. The van der Waals surface area contributed by atoms with Crippen LogP contribution in [0.15, 0.2) is 54.6 Å². The van der Waals surface area contributed by atoms with Gasteiger partial charge in [0.1, 0.15) is 0 Å². The van der Waals surface area contributed by atoms with E-state index >= 15 is 0 Å². The van der Waals surface area contributed by atoms with Gasteiger partial charge in [-0.3, -0.25) is 4.79 Å². The Bertz CT molecular complexity index is 990. The summed E-state index contributed by atoms with van der Waals surface area (Å²) in [5.74, 6) is 0.877. The lowest BCUT2D eigenvalue weighted by Crippen LogP contribution is -2.61. The standard InChI is InChI=1S/C21H21ClN4O/c1-21(2)14-25(12-13-26(21)20(27)15-8-4-3-5-9-15)19-17-11-7-6-10-16(17)18(22)23-24-19/h3-11H,12-14H2,1-2H3. The molecule has 1 amide bonds. The average molecular weight is 381 g/mol. The van der Waals surface area contributed by atoms with Crippen molar-refractivity contribution >= 4 is 34.1 Å². The predicted octanol–water partition coefficient (Wildman–Crippen LogP) is 4.02. The molecule has 1 aliphatic heterocycles. The highest BCUT2D eigenvalue weighted by molar-refractivity contribution is 6.34. The summed E-state index contributed by atoms with van der Waals surface area (Å²) in [5.41, 5.74) is 0.379. The van der Waals surface area contributed by atoms with Gasteiger partial charge in [0, 0.05) is 36.0 Å². The summed E-state index contributed by atoms with van der Waals surface area (Å²) >= 11 is 6.21. The fourth-order valence-electron chi connectivity index (χ4n) is 3.74. The third-order valence-corrected chi connectivity index (χ3v) is 5.37. The molecule has 0 radical (unpaired) electrons. The van der Waals surface area contributed by atoms with Crippen molar-refractivity contribution in [3.8, 4) is 0 Å². The Labute approximate surface area is 163 Å². The summed E-state index contributed by atoms with van der Waals surface area (Å²) in [5, 5.41) is 10.8.